The minimum atomic E-state index is -0.0984. The van der Waals surface area contributed by atoms with Crippen LogP contribution in [0.15, 0.2) is 4.42 Å². The molecule has 1 aromatic rings. The summed E-state index contributed by atoms with van der Waals surface area (Å²) in [5.41, 5.74) is 1.98. The van der Waals surface area contributed by atoms with Crippen molar-refractivity contribution in [2.45, 2.75) is 33.5 Å². The molecule has 0 unspecified atom stereocenters. The number of aliphatic hydroxyl groups excluding tert-OH is 2. The van der Waals surface area contributed by atoms with Crippen LogP contribution in [0.1, 0.15) is 29.6 Å². The topological polar surface area (TPSA) is 53.6 Å². The zero-order chi connectivity index (χ0) is 9.14. The van der Waals surface area contributed by atoms with Crippen LogP contribution in [0.4, 0.5) is 0 Å². The van der Waals surface area contributed by atoms with Gasteiger partial charge in [-0.25, -0.2) is 0 Å². The highest BCUT2D eigenvalue weighted by Gasteiger charge is 2.13. The molecule has 1 aromatic heterocycles. The molecule has 0 aliphatic rings. The quantitative estimate of drug-likeness (QED) is 0.715. The smallest absolute Gasteiger partial charge is 0.133 e. The molecule has 0 saturated heterocycles. The van der Waals surface area contributed by atoms with Crippen LogP contribution in [0.25, 0.3) is 0 Å². The van der Waals surface area contributed by atoms with Gasteiger partial charge in [0.15, 0.2) is 0 Å². The molecule has 0 bridgehead atoms. The van der Waals surface area contributed by atoms with Gasteiger partial charge in [-0.05, 0) is 24.5 Å². The highest BCUT2D eigenvalue weighted by molar-refractivity contribution is 5.31. The molecule has 0 aliphatic carbocycles. The molecule has 0 aromatic carbocycles. The van der Waals surface area contributed by atoms with E-state index in [1.807, 2.05) is 13.8 Å². The van der Waals surface area contributed by atoms with E-state index in [9.17, 15) is 0 Å². The van der Waals surface area contributed by atoms with Crippen LogP contribution < -0.4 is 0 Å². The van der Waals surface area contributed by atoms with E-state index in [1.54, 1.807) is 0 Å². The van der Waals surface area contributed by atoms with E-state index in [0.29, 0.717) is 11.5 Å². The van der Waals surface area contributed by atoms with Gasteiger partial charge in [-0.3, -0.25) is 0 Å². The van der Waals surface area contributed by atoms with Crippen molar-refractivity contribution in [2.24, 2.45) is 0 Å². The van der Waals surface area contributed by atoms with Crippen molar-refractivity contribution in [1.29, 1.82) is 0 Å². The van der Waals surface area contributed by atoms with Crippen LogP contribution in [0.5, 0.6) is 0 Å². The second-order valence-electron chi connectivity index (χ2n) is 2.72. The number of rotatable bonds is 3. The Labute approximate surface area is 71.6 Å². The third kappa shape index (κ3) is 1.38. The fourth-order valence-electron chi connectivity index (χ4n) is 1.41. The number of hydrogen-bond donors (Lipinski definition) is 2. The fraction of sp³-hybridized carbons (Fsp3) is 0.556. The van der Waals surface area contributed by atoms with E-state index in [1.165, 1.54) is 0 Å². The van der Waals surface area contributed by atoms with Gasteiger partial charge in [0, 0.05) is 0 Å². The minimum Gasteiger partial charge on any atom is -0.461 e. The Hall–Kier alpha value is -0.800. The van der Waals surface area contributed by atoms with Crippen molar-refractivity contribution >= 4 is 0 Å². The van der Waals surface area contributed by atoms with E-state index in [4.69, 9.17) is 14.6 Å². The van der Waals surface area contributed by atoms with Crippen molar-refractivity contribution in [1.82, 2.24) is 0 Å². The van der Waals surface area contributed by atoms with E-state index in [0.717, 1.165) is 17.5 Å². The Kier molecular flexibility index (Phi) is 2.89. The Morgan fingerprint density at radius 2 is 1.75 bits per heavy atom. The normalized spacial score (nSPS) is 10.7. The Morgan fingerprint density at radius 1 is 1.17 bits per heavy atom. The van der Waals surface area contributed by atoms with Crippen LogP contribution in [0.3, 0.4) is 0 Å². The first-order valence-corrected chi connectivity index (χ1v) is 4.06. The highest BCUT2D eigenvalue weighted by Crippen LogP contribution is 2.22. The summed E-state index contributed by atoms with van der Waals surface area (Å²) in [5, 5.41) is 17.8. The van der Waals surface area contributed by atoms with Crippen molar-refractivity contribution in [3.63, 3.8) is 0 Å². The van der Waals surface area contributed by atoms with Gasteiger partial charge in [0.05, 0.1) is 0 Å². The van der Waals surface area contributed by atoms with Crippen LogP contribution in [-0.4, -0.2) is 10.2 Å². The molecule has 0 atom stereocenters. The maximum absolute atomic E-state index is 8.91. The Balaban J connectivity index is 3.13. The maximum atomic E-state index is 8.91. The molecule has 0 amide bonds. The van der Waals surface area contributed by atoms with Gasteiger partial charge in [-0.15, -0.1) is 0 Å². The molecule has 68 valence electrons. The zero-order valence-electron chi connectivity index (χ0n) is 7.42. The third-order valence-corrected chi connectivity index (χ3v) is 2.09. The van der Waals surface area contributed by atoms with E-state index < -0.39 is 0 Å². The first kappa shape index (κ1) is 9.29. The molecule has 0 spiro atoms. The lowest BCUT2D eigenvalue weighted by molar-refractivity contribution is 0.214. The Bertz CT molecular complexity index is 263. The molecular weight excluding hydrogens is 156 g/mol. The van der Waals surface area contributed by atoms with E-state index in [2.05, 4.69) is 0 Å². The summed E-state index contributed by atoms with van der Waals surface area (Å²) in [6, 6.07) is 0. The summed E-state index contributed by atoms with van der Waals surface area (Å²) in [5.74, 6) is 1.15. The van der Waals surface area contributed by atoms with Gasteiger partial charge in [0.1, 0.15) is 24.7 Å². The second-order valence-corrected chi connectivity index (χ2v) is 2.72. The summed E-state index contributed by atoms with van der Waals surface area (Å²) in [6.07, 6.45) is 0.825. The van der Waals surface area contributed by atoms with Crippen LogP contribution in [0, 0.1) is 6.92 Å². The zero-order valence-corrected chi connectivity index (χ0v) is 7.42. The lowest BCUT2D eigenvalue weighted by Gasteiger charge is -1.94. The molecule has 3 nitrogen and oxygen atoms in total. The van der Waals surface area contributed by atoms with Gasteiger partial charge in [-0.1, -0.05) is 6.92 Å². The lowest BCUT2D eigenvalue weighted by atomic mass is 10.1. The summed E-state index contributed by atoms with van der Waals surface area (Å²) >= 11 is 0. The standard InChI is InChI=1S/C9H14O3/c1-3-7-6(2)8(4-10)12-9(7)5-11/h10-11H,3-5H2,1-2H3. The lowest BCUT2D eigenvalue weighted by Crippen LogP contribution is -1.88. The fourth-order valence-corrected chi connectivity index (χ4v) is 1.41. The first-order chi connectivity index (χ1) is 5.74. The second kappa shape index (κ2) is 3.74. The largest absolute Gasteiger partial charge is 0.461 e. The number of aliphatic hydroxyl groups is 2. The monoisotopic (exact) mass is 170 g/mol. The highest BCUT2D eigenvalue weighted by atomic mass is 16.4. The maximum Gasteiger partial charge on any atom is 0.133 e. The van der Waals surface area contributed by atoms with E-state index in [-0.39, 0.29) is 13.2 Å². The molecular formula is C9H14O3. The number of furan rings is 1. The van der Waals surface area contributed by atoms with Crippen molar-refractivity contribution in [2.75, 3.05) is 0 Å². The molecule has 0 radical (unpaired) electrons. The van der Waals surface area contributed by atoms with Crippen LogP contribution in [0.2, 0.25) is 0 Å². The molecule has 1 heterocycles. The molecule has 2 N–H and O–H groups in total. The van der Waals surface area contributed by atoms with Crippen molar-refractivity contribution in [3.8, 4) is 0 Å². The average Bonchev–Trinajstić information content (AvgIpc) is 2.41. The molecule has 0 fully saturated rings. The van der Waals surface area contributed by atoms with Crippen LogP contribution in [-0.2, 0) is 19.6 Å². The molecule has 12 heavy (non-hydrogen) atoms. The predicted octanol–water partition coefficient (Wildman–Crippen LogP) is 1.14. The third-order valence-electron chi connectivity index (χ3n) is 2.09. The van der Waals surface area contributed by atoms with Crippen molar-refractivity contribution < 1.29 is 14.6 Å². The summed E-state index contributed by atoms with van der Waals surface area (Å²) in [7, 11) is 0. The summed E-state index contributed by atoms with van der Waals surface area (Å²) in [6.45, 7) is 3.70. The molecule has 0 saturated carbocycles. The number of hydrogen-bond acceptors (Lipinski definition) is 3. The van der Waals surface area contributed by atoms with Gasteiger partial charge in [-0.2, -0.15) is 0 Å². The molecule has 0 aliphatic heterocycles. The molecule has 3 heteroatoms. The van der Waals surface area contributed by atoms with Gasteiger partial charge < -0.3 is 14.6 Å². The van der Waals surface area contributed by atoms with Crippen molar-refractivity contribution in [3.05, 3.63) is 22.6 Å². The van der Waals surface area contributed by atoms with Gasteiger partial charge in [0.25, 0.3) is 0 Å². The summed E-state index contributed by atoms with van der Waals surface area (Å²) in [4.78, 5) is 0. The van der Waals surface area contributed by atoms with E-state index >= 15 is 0 Å². The Morgan fingerprint density at radius 3 is 2.08 bits per heavy atom. The predicted molar refractivity (Wildman–Crippen MR) is 44.7 cm³/mol. The first-order valence-electron chi connectivity index (χ1n) is 4.06. The van der Waals surface area contributed by atoms with Crippen LogP contribution >= 0.6 is 0 Å². The molecule has 1 rings (SSSR count). The SMILES string of the molecule is CCc1c(CO)oc(CO)c1C. The van der Waals surface area contributed by atoms with Gasteiger partial charge >= 0.3 is 0 Å². The van der Waals surface area contributed by atoms with Gasteiger partial charge in [0.2, 0.25) is 0 Å². The summed E-state index contributed by atoms with van der Waals surface area (Å²) < 4.78 is 5.23. The average molecular weight is 170 g/mol. The minimum absolute atomic E-state index is 0.0932.